The highest BCUT2D eigenvalue weighted by molar-refractivity contribution is 6.34. The predicted molar refractivity (Wildman–Crippen MR) is 144 cm³/mol. The lowest BCUT2D eigenvalue weighted by Crippen LogP contribution is -2.26. The number of anilines is 1. The Kier molecular flexibility index (Phi) is 7.43. The number of nitrogens with one attached hydrogen (secondary N) is 3. The fourth-order valence-corrected chi connectivity index (χ4v) is 4.74. The SMILES string of the molecule is CNC(=O)COc1cccc(-c2nc3ncc(Cl)c(N[C@H]4CCN(Cc5ccccc5OC)C4)c3[nH]2)c1. The van der Waals surface area contributed by atoms with Crippen LogP contribution in [0.2, 0.25) is 5.02 Å². The average Bonchev–Trinajstić information content (AvgIpc) is 3.56. The molecular weight excluding hydrogens is 492 g/mol. The summed E-state index contributed by atoms with van der Waals surface area (Å²) in [4.78, 5) is 26.4. The van der Waals surface area contributed by atoms with Crippen LogP contribution < -0.4 is 20.1 Å². The van der Waals surface area contributed by atoms with E-state index in [1.165, 1.54) is 5.56 Å². The third kappa shape index (κ3) is 5.63. The van der Waals surface area contributed by atoms with Gasteiger partial charge < -0.3 is 25.1 Å². The van der Waals surface area contributed by atoms with Gasteiger partial charge >= 0.3 is 0 Å². The smallest absolute Gasteiger partial charge is 0.257 e. The quantitative estimate of drug-likeness (QED) is 0.305. The summed E-state index contributed by atoms with van der Waals surface area (Å²) < 4.78 is 11.1. The number of fused-ring (bicyclic) bond motifs is 1. The molecule has 0 radical (unpaired) electrons. The van der Waals surface area contributed by atoms with E-state index in [0.717, 1.165) is 48.6 Å². The molecule has 10 heteroatoms. The number of likely N-dealkylation sites (N-methyl/N-ethyl adjacent to an activating group) is 1. The lowest BCUT2D eigenvalue weighted by molar-refractivity contribution is -0.122. The van der Waals surface area contributed by atoms with Gasteiger partial charge in [0.1, 0.15) is 22.8 Å². The Morgan fingerprint density at radius 3 is 2.95 bits per heavy atom. The van der Waals surface area contributed by atoms with Crippen molar-refractivity contribution >= 4 is 34.4 Å². The molecule has 3 N–H and O–H groups in total. The maximum Gasteiger partial charge on any atom is 0.257 e. The van der Waals surface area contributed by atoms with Crippen LogP contribution in [-0.4, -0.2) is 65.7 Å². The number of carbonyl (C=O) groups excluding carboxylic acids is 1. The van der Waals surface area contributed by atoms with Crippen LogP contribution in [0.1, 0.15) is 12.0 Å². The number of imidazole rings is 1. The lowest BCUT2D eigenvalue weighted by atomic mass is 10.2. The van der Waals surface area contributed by atoms with E-state index in [9.17, 15) is 4.79 Å². The van der Waals surface area contributed by atoms with Crippen molar-refractivity contribution in [3.63, 3.8) is 0 Å². The Balaban J connectivity index is 1.32. The van der Waals surface area contributed by atoms with Crippen LogP contribution in [0, 0.1) is 0 Å². The molecule has 1 aliphatic rings. The van der Waals surface area contributed by atoms with Gasteiger partial charge in [0.2, 0.25) is 0 Å². The molecule has 0 bridgehead atoms. The molecule has 9 nitrogen and oxygen atoms in total. The first-order valence-corrected chi connectivity index (χ1v) is 12.5. The van der Waals surface area contributed by atoms with Gasteiger partial charge in [-0.05, 0) is 24.6 Å². The normalized spacial score (nSPS) is 15.6. The molecule has 5 rings (SSSR count). The van der Waals surface area contributed by atoms with Crippen LogP contribution in [0.15, 0.2) is 54.7 Å². The summed E-state index contributed by atoms with van der Waals surface area (Å²) in [6, 6.07) is 15.8. The number of aromatic amines is 1. The summed E-state index contributed by atoms with van der Waals surface area (Å²) >= 11 is 6.59. The highest BCUT2D eigenvalue weighted by Crippen LogP contribution is 2.33. The van der Waals surface area contributed by atoms with Gasteiger partial charge in [-0.2, -0.15) is 0 Å². The number of hydrogen-bond donors (Lipinski definition) is 3. The molecule has 4 aromatic rings. The minimum Gasteiger partial charge on any atom is -0.496 e. The zero-order valence-corrected chi connectivity index (χ0v) is 21.5. The van der Waals surface area contributed by atoms with Crippen LogP contribution in [0.25, 0.3) is 22.6 Å². The summed E-state index contributed by atoms with van der Waals surface area (Å²) in [6.07, 6.45) is 2.61. The third-order valence-corrected chi connectivity index (χ3v) is 6.72. The number of amides is 1. The van der Waals surface area contributed by atoms with Crippen molar-refractivity contribution in [2.24, 2.45) is 0 Å². The van der Waals surface area contributed by atoms with Gasteiger partial charge in [-0.25, -0.2) is 9.97 Å². The molecule has 1 amide bonds. The van der Waals surface area contributed by atoms with Crippen molar-refractivity contribution in [2.45, 2.75) is 19.0 Å². The molecule has 1 aliphatic heterocycles. The topological polar surface area (TPSA) is 104 Å². The number of H-pyrrole nitrogens is 1. The number of nitrogens with zero attached hydrogens (tertiary/aromatic N) is 3. The van der Waals surface area contributed by atoms with Gasteiger partial charge in [0.05, 0.1) is 24.0 Å². The van der Waals surface area contributed by atoms with Crippen molar-refractivity contribution in [3.05, 3.63) is 65.3 Å². The van der Waals surface area contributed by atoms with E-state index in [1.807, 2.05) is 36.4 Å². The van der Waals surface area contributed by atoms with Crippen molar-refractivity contribution < 1.29 is 14.3 Å². The van der Waals surface area contributed by atoms with Crippen LogP contribution in [-0.2, 0) is 11.3 Å². The number of hydrogen-bond acceptors (Lipinski definition) is 7. The third-order valence-electron chi connectivity index (χ3n) is 6.44. The molecule has 192 valence electrons. The van der Waals surface area contributed by atoms with E-state index < -0.39 is 0 Å². The summed E-state index contributed by atoms with van der Waals surface area (Å²) in [5.41, 5.74) is 4.11. The second kappa shape index (κ2) is 11.1. The van der Waals surface area contributed by atoms with Gasteiger partial charge in [0.25, 0.3) is 5.91 Å². The highest BCUT2D eigenvalue weighted by Gasteiger charge is 2.25. The molecule has 0 unspecified atom stereocenters. The minimum atomic E-state index is -0.197. The van der Waals surface area contributed by atoms with E-state index in [2.05, 4.69) is 36.6 Å². The number of rotatable bonds is 9. The van der Waals surface area contributed by atoms with E-state index in [-0.39, 0.29) is 18.6 Å². The molecule has 1 fully saturated rings. The average molecular weight is 521 g/mol. The second-order valence-corrected chi connectivity index (χ2v) is 9.34. The Bertz CT molecular complexity index is 1410. The molecule has 37 heavy (non-hydrogen) atoms. The summed E-state index contributed by atoms with van der Waals surface area (Å²) in [5, 5.41) is 6.70. The Labute approximate surface area is 220 Å². The van der Waals surface area contributed by atoms with Gasteiger partial charge in [-0.3, -0.25) is 9.69 Å². The maximum atomic E-state index is 11.5. The first kappa shape index (κ1) is 24.9. The summed E-state index contributed by atoms with van der Waals surface area (Å²) in [7, 11) is 3.28. The molecule has 0 aliphatic carbocycles. The lowest BCUT2D eigenvalue weighted by Gasteiger charge is -2.19. The zero-order chi connectivity index (χ0) is 25.8. The predicted octanol–water partition coefficient (Wildman–Crippen LogP) is 4.10. The van der Waals surface area contributed by atoms with Gasteiger partial charge in [0.15, 0.2) is 12.3 Å². The van der Waals surface area contributed by atoms with E-state index in [0.29, 0.717) is 22.2 Å². The largest absolute Gasteiger partial charge is 0.496 e. The van der Waals surface area contributed by atoms with Crippen LogP contribution >= 0.6 is 11.6 Å². The van der Waals surface area contributed by atoms with Gasteiger partial charge in [0, 0.05) is 43.9 Å². The molecule has 0 spiro atoms. The molecule has 3 heterocycles. The molecule has 0 saturated carbocycles. The fraction of sp³-hybridized carbons (Fsp3) is 0.296. The monoisotopic (exact) mass is 520 g/mol. The fourth-order valence-electron chi connectivity index (χ4n) is 4.54. The van der Waals surface area contributed by atoms with Crippen molar-refractivity contribution in [1.29, 1.82) is 0 Å². The molecule has 2 aromatic heterocycles. The number of likely N-dealkylation sites (tertiary alicyclic amines) is 1. The standard InChI is InChI=1S/C27H29ClN6O3/c1-29-23(35)16-37-20-8-5-7-17(12-20)26-32-25-24(21(28)13-30-27(25)33-26)31-19-10-11-34(15-19)14-18-6-3-4-9-22(18)36-2/h3-9,12-13,19H,10-11,14-16H2,1-2H3,(H,29,35)(H2,30,31,32,33)/t19-/m0/s1. The van der Waals surface area contributed by atoms with Crippen molar-refractivity contribution in [3.8, 4) is 22.9 Å². The number of para-hydroxylation sites is 1. The first-order valence-electron chi connectivity index (χ1n) is 12.1. The second-order valence-electron chi connectivity index (χ2n) is 8.93. The van der Waals surface area contributed by atoms with Gasteiger partial charge in [-0.15, -0.1) is 0 Å². The number of methoxy groups -OCH3 is 1. The number of benzene rings is 2. The number of carbonyl (C=O) groups is 1. The van der Waals surface area contributed by atoms with Crippen LogP contribution in [0.5, 0.6) is 11.5 Å². The van der Waals surface area contributed by atoms with E-state index in [1.54, 1.807) is 26.4 Å². The van der Waals surface area contributed by atoms with Crippen molar-refractivity contribution in [1.82, 2.24) is 25.2 Å². The van der Waals surface area contributed by atoms with E-state index in [4.69, 9.17) is 21.1 Å². The Morgan fingerprint density at radius 1 is 1.24 bits per heavy atom. The van der Waals surface area contributed by atoms with Crippen molar-refractivity contribution in [2.75, 3.05) is 39.2 Å². The Morgan fingerprint density at radius 2 is 2.11 bits per heavy atom. The molecule has 2 aromatic carbocycles. The first-order chi connectivity index (χ1) is 18.0. The molecular formula is C27H29ClN6O3. The zero-order valence-electron chi connectivity index (χ0n) is 20.8. The van der Waals surface area contributed by atoms with Crippen LogP contribution in [0.3, 0.4) is 0 Å². The number of ether oxygens (including phenoxy) is 2. The van der Waals surface area contributed by atoms with Gasteiger partial charge in [-0.1, -0.05) is 41.9 Å². The molecule has 1 atom stereocenters. The minimum absolute atomic E-state index is 0.0548. The maximum absolute atomic E-state index is 11.5. The Hall–Kier alpha value is -3.82. The summed E-state index contributed by atoms with van der Waals surface area (Å²) in [5.74, 6) is 1.93. The summed E-state index contributed by atoms with van der Waals surface area (Å²) in [6.45, 7) is 2.62. The highest BCUT2D eigenvalue weighted by atomic mass is 35.5. The number of pyridine rings is 1. The number of halogens is 1. The molecule has 1 saturated heterocycles. The van der Waals surface area contributed by atoms with E-state index >= 15 is 0 Å². The van der Waals surface area contributed by atoms with Crippen LogP contribution in [0.4, 0.5) is 5.69 Å². The number of aromatic nitrogens is 3.